The molecule has 0 unspecified atom stereocenters. The highest BCUT2D eigenvalue weighted by Crippen LogP contribution is 2.37. The Labute approximate surface area is 227 Å². The lowest BCUT2D eigenvalue weighted by Crippen LogP contribution is -2.33. The maximum Gasteiger partial charge on any atom is 0.270 e. The van der Waals surface area contributed by atoms with Crippen molar-refractivity contribution in [2.24, 2.45) is 10.9 Å². The Morgan fingerprint density at radius 2 is 1.66 bits per heavy atom. The molecule has 0 atom stereocenters. The van der Waals surface area contributed by atoms with E-state index in [4.69, 9.17) is 4.99 Å². The average Bonchev–Trinajstić information content (AvgIpc) is 3.22. The lowest BCUT2D eigenvalue weighted by molar-refractivity contribution is -0.384. The molecule has 3 aromatic carbocycles. The summed E-state index contributed by atoms with van der Waals surface area (Å²) < 4.78 is 0. The second kappa shape index (κ2) is 11.6. The molecule has 0 spiro atoms. The number of anilines is 1. The fraction of sp³-hybridized carbons (Fsp3) is 0.267. The van der Waals surface area contributed by atoms with Crippen molar-refractivity contribution in [1.29, 1.82) is 0 Å². The van der Waals surface area contributed by atoms with Crippen LogP contribution >= 0.6 is 11.8 Å². The molecular weight excluding hydrogens is 496 g/mol. The van der Waals surface area contributed by atoms with E-state index < -0.39 is 0 Å². The zero-order valence-corrected chi connectivity index (χ0v) is 22.1. The zero-order valence-electron chi connectivity index (χ0n) is 21.3. The van der Waals surface area contributed by atoms with Crippen LogP contribution in [0.5, 0.6) is 0 Å². The van der Waals surface area contributed by atoms with Crippen molar-refractivity contribution in [3.8, 4) is 0 Å². The predicted molar refractivity (Wildman–Crippen MR) is 154 cm³/mol. The van der Waals surface area contributed by atoms with E-state index in [2.05, 4.69) is 11.8 Å². The first-order valence-electron chi connectivity index (χ1n) is 12.8. The number of carbonyl (C=O) groups is 1. The quantitative estimate of drug-likeness (QED) is 0.199. The summed E-state index contributed by atoms with van der Waals surface area (Å²) in [6.07, 6.45) is 3.94. The lowest BCUT2D eigenvalue weighted by Gasteiger charge is -2.33. The van der Waals surface area contributed by atoms with Crippen molar-refractivity contribution >= 4 is 40.3 Å². The van der Waals surface area contributed by atoms with Gasteiger partial charge in [0.1, 0.15) is 0 Å². The molecule has 8 heteroatoms. The van der Waals surface area contributed by atoms with Crippen LogP contribution < -0.4 is 4.90 Å². The van der Waals surface area contributed by atoms with Gasteiger partial charge in [0.2, 0.25) is 0 Å². The molecule has 2 fully saturated rings. The highest BCUT2D eigenvalue weighted by atomic mass is 32.2. The SMILES string of the molecule is CC1CCN(c2ccc([N+](=O)[O-])cc2/C=C2/SC(=NCc3ccccc3)N(Cc3ccccc3)C2=O)CC1. The number of benzene rings is 3. The highest BCUT2D eigenvalue weighted by Gasteiger charge is 2.34. The molecule has 7 nitrogen and oxygen atoms in total. The number of piperidine rings is 1. The van der Waals surface area contributed by atoms with Crippen LogP contribution in [0.3, 0.4) is 0 Å². The van der Waals surface area contributed by atoms with Gasteiger partial charge in [-0.05, 0) is 53.8 Å². The van der Waals surface area contributed by atoms with Gasteiger partial charge in [-0.15, -0.1) is 0 Å². The van der Waals surface area contributed by atoms with Crippen molar-refractivity contribution in [1.82, 2.24) is 4.90 Å². The largest absolute Gasteiger partial charge is 0.371 e. The molecule has 2 aliphatic rings. The molecule has 194 valence electrons. The van der Waals surface area contributed by atoms with Gasteiger partial charge in [0.25, 0.3) is 11.6 Å². The monoisotopic (exact) mass is 526 g/mol. The molecule has 5 rings (SSSR count). The Morgan fingerprint density at radius 1 is 1.00 bits per heavy atom. The Kier molecular flexibility index (Phi) is 7.89. The second-order valence-electron chi connectivity index (χ2n) is 9.74. The Morgan fingerprint density at radius 3 is 2.32 bits per heavy atom. The Balaban J connectivity index is 1.50. The molecule has 38 heavy (non-hydrogen) atoms. The van der Waals surface area contributed by atoms with Crippen LogP contribution in [0, 0.1) is 16.0 Å². The molecule has 3 aromatic rings. The molecule has 0 aromatic heterocycles. The minimum Gasteiger partial charge on any atom is -0.371 e. The Bertz CT molecular complexity index is 1370. The molecule has 2 heterocycles. The van der Waals surface area contributed by atoms with Gasteiger partial charge in [-0.2, -0.15) is 0 Å². The summed E-state index contributed by atoms with van der Waals surface area (Å²) in [5, 5.41) is 12.2. The molecule has 0 aliphatic carbocycles. The number of rotatable bonds is 7. The van der Waals surface area contributed by atoms with E-state index in [9.17, 15) is 14.9 Å². The maximum atomic E-state index is 13.7. The van der Waals surface area contributed by atoms with Crippen molar-refractivity contribution in [3.05, 3.63) is 111 Å². The molecule has 0 saturated carbocycles. The summed E-state index contributed by atoms with van der Waals surface area (Å²) in [6.45, 7) is 4.90. The molecule has 0 bridgehead atoms. The van der Waals surface area contributed by atoms with Crippen molar-refractivity contribution in [3.63, 3.8) is 0 Å². The summed E-state index contributed by atoms with van der Waals surface area (Å²) in [5.74, 6) is 0.517. The van der Waals surface area contributed by atoms with E-state index in [0.29, 0.717) is 34.6 Å². The summed E-state index contributed by atoms with van der Waals surface area (Å²) in [6, 6.07) is 24.7. The fourth-order valence-electron chi connectivity index (χ4n) is 4.72. The predicted octanol–water partition coefficient (Wildman–Crippen LogP) is 6.50. The molecule has 2 saturated heterocycles. The van der Waals surface area contributed by atoms with E-state index in [1.54, 1.807) is 23.1 Å². The number of carbonyl (C=O) groups excluding carboxylic acids is 1. The molecule has 0 N–H and O–H groups in total. The number of aliphatic imine (C=N–C) groups is 1. The number of nitro groups is 1. The summed E-state index contributed by atoms with van der Waals surface area (Å²) in [5.41, 5.74) is 3.70. The average molecular weight is 527 g/mol. The van der Waals surface area contributed by atoms with Crippen LogP contribution in [0.15, 0.2) is 88.8 Å². The number of hydrogen-bond acceptors (Lipinski definition) is 6. The number of amides is 1. The van der Waals surface area contributed by atoms with Gasteiger partial charge in [-0.25, -0.2) is 0 Å². The zero-order chi connectivity index (χ0) is 26.5. The molecule has 0 radical (unpaired) electrons. The topological polar surface area (TPSA) is 79.0 Å². The van der Waals surface area contributed by atoms with E-state index in [-0.39, 0.29) is 16.5 Å². The summed E-state index contributed by atoms with van der Waals surface area (Å²) >= 11 is 1.33. The van der Waals surface area contributed by atoms with Gasteiger partial charge in [-0.3, -0.25) is 24.8 Å². The van der Waals surface area contributed by atoms with Crippen molar-refractivity contribution in [2.75, 3.05) is 18.0 Å². The van der Waals surface area contributed by atoms with E-state index >= 15 is 0 Å². The Hall–Kier alpha value is -3.91. The minimum atomic E-state index is -0.387. The molecule has 1 amide bonds. The first-order chi connectivity index (χ1) is 18.5. The number of nitrogens with zero attached hydrogens (tertiary/aromatic N) is 4. The normalized spacial score (nSPS) is 18.5. The third-order valence-corrected chi connectivity index (χ3v) is 7.99. The number of nitro benzene ring substituents is 1. The van der Waals surface area contributed by atoms with Gasteiger partial charge < -0.3 is 4.90 Å². The number of amidine groups is 1. The van der Waals surface area contributed by atoms with Gasteiger partial charge in [-0.1, -0.05) is 67.6 Å². The fourth-order valence-corrected chi connectivity index (χ4v) is 5.69. The van der Waals surface area contributed by atoms with Crippen molar-refractivity contribution < 1.29 is 9.72 Å². The summed E-state index contributed by atoms with van der Waals surface area (Å²) in [4.78, 5) is 34.2. The minimum absolute atomic E-state index is 0.0144. The van der Waals surface area contributed by atoms with Crippen LogP contribution in [0.4, 0.5) is 11.4 Å². The van der Waals surface area contributed by atoms with Gasteiger partial charge in [0.05, 0.1) is 22.9 Å². The van der Waals surface area contributed by atoms with Crippen LogP contribution in [-0.4, -0.2) is 34.0 Å². The summed E-state index contributed by atoms with van der Waals surface area (Å²) in [7, 11) is 0. The first kappa shape index (κ1) is 25.7. The number of non-ortho nitro benzene ring substituents is 1. The van der Waals surface area contributed by atoms with E-state index in [1.807, 2.05) is 66.7 Å². The van der Waals surface area contributed by atoms with E-state index in [0.717, 1.165) is 42.7 Å². The van der Waals surface area contributed by atoms with E-state index in [1.165, 1.54) is 11.8 Å². The number of thioether (sulfide) groups is 1. The van der Waals surface area contributed by atoms with Crippen molar-refractivity contribution in [2.45, 2.75) is 32.9 Å². The standard InChI is InChI=1S/C30H30N4O3S/c1-22-14-16-32(17-15-22)27-13-12-26(34(36)37)18-25(27)19-28-29(35)33(21-24-10-6-3-7-11-24)30(38-28)31-20-23-8-4-2-5-9-23/h2-13,18-19,22H,14-17,20-21H2,1H3/b28-19+,31-30?. The van der Waals surface area contributed by atoms with Crippen LogP contribution in [0.1, 0.15) is 36.5 Å². The first-order valence-corrected chi connectivity index (χ1v) is 13.7. The van der Waals surface area contributed by atoms with Gasteiger partial charge >= 0.3 is 0 Å². The van der Waals surface area contributed by atoms with Crippen LogP contribution in [0.25, 0.3) is 6.08 Å². The highest BCUT2D eigenvalue weighted by molar-refractivity contribution is 8.18. The van der Waals surface area contributed by atoms with Gasteiger partial charge in [0.15, 0.2) is 5.17 Å². The second-order valence-corrected chi connectivity index (χ2v) is 10.8. The lowest BCUT2D eigenvalue weighted by atomic mass is 9.98. The third kappa shape index (κ3) is 5.97. The molecular formula is C30H30N4O3S. The van der Waals surface area contributed by atoms with Crippen LogP contribution in [-0.2, 0) is 17.9 Å². The maximum absolute atomic E-state index is 13.7. The van der Waals surface area contributed by atoms with Crippen LogP contribution in [0.2, 0.25) is 0 Å². The number of hydrogen-bond donors (Lipinski definition) is 0. The third-order valence-electron chi connectivity index (χ3n) is 6.94. The molecule has 2 aliphatic heterocycles. The van der Waals surface area contributed by atoms with Gasteiger partial charge in [0, 0.05) is 36.5 Å². The smallest absolute Gasteiger partial charge is 0.270 e.